The van der Waals surface area contributed by atoms with Crippen molar-refractivity contribution >= 4 is 17.7 Å². The average molecular weight is 442 g/mol. The van der Waals surface area contributed by atoms with Crippen molar-refractivity contribution in [3.8, 4) is 0 Å². The van der Waals surface area contributed by atoms with E-state index in [2.05, 4.69) is 16.7 Å². The Morgan fingerprint density at radius 3 is 2.47 bits per heavy atom. The molecule has 0 N–H and O–H groups in total. The monoisotopic (exact) mass is 441 g/mol. The summed E-state index contributed by atoms with van der Waals surface area (Å²) >= 11 is 0. The summed E-state index contributed by atoms with van der Waals surface area (Å²) in [5.41, 5.74) is 1.85. The SMILES string of the molecule is CC1CCN(c2nc3c(c(N4CCCC4)n2)CN(C(=O)c2ccc(F)cc2F)CC3)CC1. The summed E-state index contributed by atoms with van der Waals surface area (Å²) in [5.74, 6) is 0.502. The maximum Gasteiger partial charge on any atom is 0.257 e. The molecule has 6 nitrogen and oxygen atoms in total. The van der Waals surface area contributed by atoms with Gasteiger partial charge in [-0.2, -0.15) is 4.98 Å². The topological polar surface area (TPSA) is 52.6 Å². The average Bonchev–Trinajstić information content (AvgIpc) is 3.33. The molecule has 0 unspecified atom stereocenters. The van der Waals surface area contributed by atoms with Crippen LogP contribution < -0.4 is 9.80 Å². The van der Waals surface area contributed by atoms with Crippen LogP contribution >= 0.6 is 0 Å². The van der Waals surface area contributed by atoms with Crippen molar-refractivity contribution in [1.29, 1.82) is 0 Å². The second-order valence-corrected chi connectivity index (χ2v) is 9.24. The van der Waals surface area contributed by atoms with Gasteiger partial charge in [0.2, 0.25) is 5.95 Å². The molecule has 0 radical (unpaired) electrons. The van der Waals surface area contributed by atoms with Crippen molar-refractivity contribution in [2.45, 2.75) is 45.6 Å². The molecule has 2 saturated heterocycles. The molecule has 0 aliphatic carbocycles. The number of piperidine rings is 1. The van der Waals surface area contributed by atoms with Crippen LogP contribution in [0.3, 0.4) is 0 Å². The zero-order valence-electron chi connectivity index (χ0n) is 18.5. The normalized spacial score (nSPS) is 19.4. The predicted octanol–water partition coefficient (Wildman–Crippen LogP) is 3.79. The molecule has 5 rings (SSSR count). The Kier molecular flexibility index (Phi) is 5.69. The third-order valence-electron chi connectivity index (χ3n) is 6.95. The molecule has 0 spiro atoms. The maximum absolute atomic E-state index is 14.2. The number of nitrogens with zero attached hydrogens (tertiary/aromatic N) is 5. The van der Waals surface area contributed by atoms with Crippen LogP contribution in [0.4, 0.5) is 20.5 Å². The van der Waals surface area contributed by atoms with Gasteiger partial charge in [-0.1, -0.05) is 6.92 Å². The molecule has 4 heterocycles. The molecule has 2 fully saturated rings. The number of halogens is 2. The molecule has 170 valence electrons. The first-order valence-electron chi connectivity index (χ1n) is 11.6. The van der Waals surface area contributed by atoms with E-state index in [0.29, 0.717) is 19.5 Å². The first-order valence-corrected chi connectivity index (χ1v) is 11.6. The van der Waals surface area contributed by atoms with Crippen LogP contribution in [0, 0.1) is 17.6 Å². The second kappa shape index (κ2) is 8.64. The molecule has 3 aliphatic heterocycles. The fourth-order valence-electron chi connectivity index (χ4n) is 4.93. The van der Waals surface area contributed by atoms with E-state index in [9.17, 15) is 13.6 Å². The molecular weight excluding hydrogens is 412 g/mol. The van der Waals surface area contributed by atoms with Gasteiger partial charge in [0.15, 0.2) is 0 Å². The Morgan fingerprint density at radius 2 is 1.75 bits per heavy atom. The van der Waals surface area contributed by atoms with Crippen molar-refractivity contribution in [2.75, 3.05) is 42.5 Å². The van der Waals surface area contributed by atoms with E-state index in [-0.39, 0.29) is 5.56 Å². The number of hydrogen-bond donors (Lipinski definition) is 0. The van der Waals surface area contributed by atoms with Gasteiger partial charge in [0.05, 0.1) is 17.8 Å². The van der Waals surface area contributed by atoms with Gasteiger partial charge in [0.25, 0.3) is 5.91 Å². The summed E-state index contributed by atoms with van der Waals surface area (Å²) in [5, 5.41) is 0. The zero-order chi connectivity index (χ0) is 22.2. The van der Waals surface area contributed by atoms with Gasteiger partial charge in [-0.05, 0) is 43.7 Å². The molecule has 2 aromatic rings. The van der Waals surface area contributed by atoms with E-state index in [1.54, 1.807) is 4.90 Å². The number of carbonyl (C=O) groups is 1. The number of fused-ring (bicyclic) bond motifs is 1. The highest BCUT2D eigenvalue weighted by atomic mass is 19.1. The first-order chi connectivity index (χ1) is 15.5. The highest BCUT2D eigenvalue weighted by molar-refractivity contribution is 5.94. The number of rotatable bonds is 3. The van der Waals surface area contributed by atoms with Crippen LogP contribution in [0.1, 0.15) is 54.2 Å². The van der Waals surface area contributed by atoms with Crippen molar-refractivity contribution in [2.24, 2.45) is 5.92 Å². The Bertz CT molecular complexity index is 1020. The Balaban J connectivity index is 1.46. The number of carbonyl (C=O) groups excluding carboxylic acids is 1. The lowest BCUT2D eigenvalue weighted by molar-refractivity contribution is 0.0729. The van der Waals surface area contributed by atoms with Gasteiger partial charge in [-0.25, -0.2) is 13.8 Å². The van der Waals surface area contributed by atoms with E-state index < -0.39 is 17.5 Å². The standard InChI is InChI=1S/C24H29F2N5O/c1-16-6-11-30(12-7-16)24-27-21-8-13-31(23(32)18-5-4-17(25)14-20(18)26)15-19(21)22(28-24)29-9-2-3-10-29/h4-5,14,16H,2-3,6-13,15H2,1H3. The van der Waals surface area contributed by atoms with Gasteiger partial charge in [0, 0.05) is 50.8 Å². The number of benzene rings is 1. The highest BCUT2D eigenvalue weighted by Gasteiger charge is 2.31. The summed E-state index contributed by atoms with van der Waals surface area (Å²) in [6, 6.07) is 3.11. The molecule has 1 aromatic carbocycles. The van der Waals surface area contributed by atoms with Crippen molar-refractivity contribution in [3.05, 3.63) is 46.7 Å². The van der Waals surface area contributed by atoms with E-state index >= 15 is 0 Å². The Morgan fingerprint density at radius 1 is 1.00 bits per heavy atom. The van der Waals surface area contributed by atoms with Gasteiger partial charge < -0.3 is 14.7 Å². The number of aromatic nitrogens is 2. The van der Waals surface area contributed by atoms with Crippen LogP contribution in [-0.4, -0.2) is 53.5 Å². The second-order valence-electron chi connectivity index (χ2n) is 9.24. The van der Waals surface area contributed by atoms with Gasteiger partial charge in [-0.3, -0.25) is 4.79 Å². The minimum absolute atomic E-state index is 0.0995. The van der Waals surface area contributed by atoms with Crippen LogP contribution in [0.5, 0.6) is 0 Å². The first kappa shape index (κ1) is 21.1. The predicted molar refractivity (Wildman–Crippen MR) is 119 cm³/mol. The van der Waals surface area contributed by atoms with Crippen molar-refractivity contribution in [1.82, 2.24) is 14.9 Å². The highest BCUT2D eigenvalue weighted by Crippen LogP contribution is 2.32. The molecule has 0 bridgehead atoms. The maximum atomic E-state index is 14.2. The summed E-state index contributed by atoms with van der Waals surface area (Å²) in [6.45, 7) is 6.91. The fraction of sp³-hybridized carbons (Fsp3) is 0.542. The van der Waals surface area contributed by atoms with E-state index in [1.807, 2.05) is 0 Å². The lowest BCUT2D eigenvalue weighted by Crippen LogP contribution is -2.39. The lowest BCUT2D eigenvalue weighted by atomic mass is 9.99. The molecule has 32 heavy (non-hydrogen) atoms. The Labute approximate surface area is 187 Å². The molecule has 0 atom stereocenters. The lowest BCUT2D eigenvalue weighted by Gasteiger charge is -2.35. The fourth-order valence-corrected chi connectivity index (χ4v) is 4.93. The van der Waals surface area contributed by atoms with E-state index in [1.165, 1.54) is 6.07 Å². The smallest absolute Gasteiger partial charge is 0.257 e. The largest absolute Gasteiger partial charge is 0.356 e. The Hall–Kier alpha value is -2.77. The minimum Gasteiger partial charge on any atom is -0.356 e. The third kappa shape index (κ3) is 4.02. The van der Waals surface area contributed by atoms with Crippen molar-refractivity contribution < 1.29 is 13.6 Å². The molecular formula is C24H29F2N5O. The zero-order valence-corrected chi connectivity index (χ0v) is 18.5. The van der Waals surface area contributed by atoms with Crippen LogP contribution in [0.2, 0.25) is 0 Å². The third-order valence-corrected chi connectivity index (χ3v) is 6.95. The summed E-state index contributed by atoms with van der Waals surface area (Å²) in [6.07, 6.45) is 5.14. The molecule has 1 aromatic heterocycles. The molecule has 8 heteroatoms. The number of hydrogen-bond acceptors (Lipinski definition) is 5. The summed E-state index contributed by atoms with van der Waals surface area (Å²) in [7, 11) is 0. The summed E-state index contributed by atoms with van der Waals surface area (Å²) in [4.78, 5) is 29.1. The molecule has 0 saturated carbocycles. The van der Waals surface area contributed by atoms with Crippen LogP contribution in [0.15, 0.2) is 18.2 Å². The number of anilines is 2. The van der Waals surface area contributed by atoms with E-state index in [0.717, 1.165) is 92.9 Å². The molecule has 1 amide bonds. The minimum atomic E-state index is -0.827. The molecule has 3 aliphatic rings. The number of amides is 1. The quantitative estimate of drug-likeness (QED) is 0.726. The van der Waals surface area contributed by atoms with Gasteiger partial charge in [-0.15, -0.1) is 0 Å². The van der Waals surface area contributed by atoms with E-state index in [4.69, 9.17) is 9.97 Å². The van der Waals surface area contributed by atoms with Crippen molar-refractivity contribution in [3.63, 3.8) is 0 Å². The van der Waals surface area contributed by atoms with Crippen LogP contribution in [0.25, 0.3) is 0 Å². The van der Waals surface area contributed by atoms with Crippen LogP contribution in [-0.2, 0) is 13.0 Å². The van der Waals surface area contributed by atoms with Gasteiger partial charge in [0.1, 0.15) is 17.5 Å². The van der Waals surface area contributed by atoms with Gasteiger partial charge >= 0.3 is 0 Å². The summed E-state index contributed by atoms with van der Waals surface area (Å²) < 4.78 is 27.5.